The highest BCUT2D eigenvalue weighted by Gasteiger charge is 2.30. The van der Waals surface area contributed by atoms with Crippen molar-refractivity contribution in [3.63, 3.8) is 0 Å². The van der Waals surface area contributed by atoms with Crippen LogP contribution in [0.1, 0.15) is 30.4 Å². The smallest absolute Gasteiger partial charge is 0.356 e. The summed E-state index contributed by atoms with van der Waals surface area (Å²) in [7, 11) is -1.49. The van der Waals surface area contributed by atoms with Crippen molar-refractivity contribution in [2.24, 2.45) is 4.99 Å². The molecule has 1 atom stereocenters. The number of guanidine groups is 1. The van der Waals surface area contributed by atoms with E-state index in [1.54, 1.807) is 13.1 Å². The summed E-state index contributed by atoms with van der Waals surface area (Å²) in [5.41, 5.74) is -0.0280. The van der Waals surface area contributed by atoms with E-state index in [0.717, 1.165) is 12.3 Å². The monoisotopic (exact) mass is 507 g/mol. The van der Waals surface area contributed by atoms with E-state index in [1.165, 1.54) is 12.1 Å². The van der Waals surface area contributed by atoms with Crippen LogP contribution in [0.25, 0.3) is 0 Å². The molecule has 0 spiro atoms. The van der Waals surface area contributed by atoms with Crippen LogP contribution in [0.2, 0.25) is 0 Å². The topological polar surface area (TPSA) is 70.6 Å². The fourth-order valence-corrected chi connectivity index (χ4v) is 2.64. The molecule has 0 aliphatic carbocycles. The van der Waals surface area contributed by atoms with Gasteiger partial charge in [-0.25, -0.2) is 8.42 Å². The molecular formula is C16H25F3IN3O2S. The minimum atomic E-state index is -4.35. The van der Waals surface area contributed by atoms with Crippen LogP contribution < -0.4 is 10.6 Å². The molecular weight excluding hydrogens is 482 g/mol. The SMILES string of the molecule is CN=C(NCCC(C)c1cccc(C(F)(F)F)c1)NCCS(C)(=O)=O.I. The number of alkyl halides is 3. The van der Waals surface area contributed by atoms with E-state index < -0.39 is 21.6 Å². The van der Waals surface area contributed by atoms with Gasteiger partial charge in [0.05, 0.1) is 11.3 Å². The standard InChI is InChI=1S/C16H24F3N3O2S.HI/c1-12(13-5-4-6-14(11-13)16(17,18)19)7-8-21-15(20-2)22-9-10-25(3,23)24;/h4-6,11-12H,7-10H2,1-3H3,(H2,20,21,22);1H. The third kappa shape index (κ3) is 9.60. The van der Waals surface area contributed by atoms with Crippen LogP contribution >= 0.6 is 24.0 Å². The fraction of sp³-hybridized carbons (Fsp3) is 0.562. The lowest BCUT2D eigenvalue weighted by atomic mass is 9.96. The zero-order valence-electron chi connectivity index (χ0n) is 14.9. The van der Waals surface area contributed by atoms with Gasteiger partial charge in [0.15, 0.2) is 5.96 Å². The van der Waals surface area contributed by atoms with Crippen molar-refractivity contribution in [1.29, 1.82) is 0 Å². The molecule has 10 heteroatoms. The largest absolute Gasteiger partial charge is 0.416 e. The minimum Gasteiger partial charge on any atom is -0.356 e. The summed E-state index contributed by atoms with van der Waals surface area (Å²) < 4.78 is 60.4. The first kappa shape index (κ1) is 25.0. The number of nitrogens with one attached hydrogen (secondary N) is 2. The second-order valence-electron chi connectivity index (χ2n) is 5.87. The van der Waals surface area contributed by atoms with Gasteiger partial charge in [-0.1, -0.05) is 25.1 Å². The lowest BCUT2D eigenvalue weighted by Crippen LogP contribution is -2.40. The Hall–Kier alpha value is -1.04. The number of benzene rings is 1. The molecule has 0 amide bonds. The number of halogens is 4. The first-order valence-corrected chi connectivity index (χ1v) is 9.88. The second-order valence-corrected chi connectivity index (χ2v) is 8.13. The molecule has 0 saturated carbocycles. The van der Waals surface area contributed by atoms with Crippen molar-refractivity contribution in [3.05, 3.63) is 35.4 Å². The lowest BCUT2D eigenvalue weighted by Gasteiger charge is -2.16. The zero-order valence-corrected chi connectivity index (χ0v) is 18.1. The van der Waals surface area contributed by atoms with Crippen LogP contribution in [0.15, 0.2) is 29.3 Å². The van der Waals surface area contributed by atoms with Crippen molar-refractivity contribution in [1.82, 2.24) is 10.6 Å². The highest BCUT2D eigenvalue weighted by molar-refractivity contribution is 14.0. The van der Waals surface area contributed by atoms with E-state index in [9.17, 15) is 21.6 Å². The maximum Gasteiger partial charge on any atom is 0.416 e. The summed E-state index contributed by atoms with van der Waals surface area (Å²) in [4.78, 5) is 3.97. The number of sulfone groups is 1. The number of rotatable bonds is 7. The molecule has 0 aliphatic heterocycles. The quantitative estimate of drug-likeness (QED) is 0.338. The van der Waals surface area contributed by atoms with E-state index in [4.69, 9.17) is 0 Å². The van der Waals surface area contributed by atoms with Gasteiger partial charge in [-0.2, -0.15) is 13.2 Å². The molecule has 0 heterocycles. The fourth-order valence-electron chi connectivity index (χ4n) is 2.17. The summed E-state index contributed by atoms with van der Waals surface area (Å²) in [6.07, 6.45) is -2.59. The van der Waals surface area contributed by atoms with Gasteiger partial charge in [-0.3, -0.25) is 4.99 Å². The maximum atomic E-state index is 12.8. The van der Waals surface area contributed by atoms with Crippen LogP contribution in [0, 0.1) is 0 Å². The Balaban J connectivity index is 0.00000625. The van der Waals surface area contributed by atoms with E-state index in [0.29, 0.717) is 24.5 Å². The molecule has 1 unspecified atom stereocenters. The average molecular weight is 507 g/mol. The lowest BCUT2D eigenvalue weighted by molar-refractivity contribution is -0.137. The first-order chi connectivity index (χ1) is 11.5. The van der Waals surface area contributed by atoms with Gasteiger partial charge in [0.2, 0.25) is 0 Å². The summed E-state index contributed by atoms with van der Waals surface area (Å²) in [5.74, 6) is 0.387. The zero-order chi connectivity index (χ0) is 19.1. The van der Waals surface area contributed by atoms with Gasteiger partial charge in [-0.15, -0.1) is 24.0 Å². The first-order valence-electron chi connectivity index (χ1n) is 7.82. The molecule has 0 saturated heterocycles. The molecule has 0 bridgehead atoms. The third-order valence-corrected chi connectivity index (χ3v) is 4.59. The van der Waals surface area contributed by atoms with Gasteiger partial charge in [0.1, 0.15) is 9.84 Å². The molecule has 0 radical (unpaired) electrons. The highest BCUT2D eigenvalue weighted by atomic mass is 127. The predicted octanol–water partition coefficient (Wildman–Crippen LogP) is 3.03. The molecule has 0 aliphatic rings. The van der Waals surface area contributed by atoms with Crippen LogP contribution in [0.5, 0.6) is 0 Å². The predicted molar refractivity (Wildman–Crippen MR) is 109 cm³/mol. The number of nitrogens with zero attached hydrogens (tertiary/aromatic N) is 1. The van der Waals surface area contributed by atoms with Gasteiger partial charge in [0, 0.05) is 26.4 Å². The summed E-state index contributed by atoms with van der Waals surface area (Å²) in [6.45, 7) is 2.59. The van der Waals surface area contributed by atoms with Gasteiger partial charge < -0.3 is 10.6 Å². The molecule has 26 heavy (non-hydrogen) atoms. The molecule has 5 nitrogen and oxygen atoms in total. The van der Waals surface area contributed by atoms with Crippen molar-refractivity contribution in [2.45, 2.75) is 25.4 Å². The Morgan fingerprint density at radius 3 is 2.38 bits per heavy atom. The molecule has 1 aromatic rings. The number of hydrogen-bond donors (Lipinski definition) is 2. The molecule has 2 N–H and O–H groups in total. The molecule has 0 fully saturated rings. The van der Waals surface area contributed by atoms with Crippen molar-refractivity contribution >= 4 is 39.8 Å². The molecule has 150 valence electrons. The van der Waals surface area contributed by atoms with Crippen molar-refractivity contribution < 1.29 is 21.6 Å². The second kappa shape index (κ2) is 11.0. The Bertz CT molecular complexity index is 694. The van der Waals surface area contributed by atoms with E-state index in [1.807, 2.05) is 6.92 Å². The van der Waals surface area contributed by atoms with E-state index >= 15 is 0 Å². The normalized spacial score (nSPS) is 13.7. The Morgan fingerprint density at radius 2 is 1.85 bits per heavy atom. The van der Waals surface area contributed by atoms with Crippen LogP contribution in [0.4, 0.5) is 13.2 Å². The molecule has 1 aromatic carbocycles. The number of aliphatic imine (C=N–C) groups is 1. The van der Waals surface area contributed by atoms with Crippen LogP contribution in [0.3, 0.4) is 0 Å². The molecule has 1 rings (SSSR count). The summed E-state index contributed by atoms with van der Waals surface area (Å²) in [6, 6.07) is 5.32. The van der Waals surface area contributed by atoms with Crippen LogP contribution in [-0.4, -0.2) is 46.5 Å². The summed E-state index contributed by atoms with van der Waals surface area (Å²) >= 11 is 0. The Kier molecular flexibility index (Phi) is 10.5. The Labute approximate surface area is 169 Å². The van der Waals surface area contributed by atoms with Gasteiger partial charge in [-0.05, 0) is 24.0 Å². The van der Waals surface area contributed by atoms with Gasteiger partial charge >= 0.3 is 6.18 Å². The third-order valence-electron chi connectivity index (χ3n) is 3.64. The van der Waals surface area contributed by atoms with Crippen LogP contribution in [-0.2, 0) is 16.0 Å². The minimum absolute atomic E-state index is 0. The number of hydrogen-bond acceptors (Lipinski definition) is 3. The van der Waals surface area contributed by atoms with Crippen molar-refractivity contribution in [2.75, 3.05) is 32.1 Å². The molecule has 0 aromatic heterocycles. The Morgan fingerprint density at radius 1 is 1.23 bits per heavy atom. The van der Waals surface area contributed by atoms with E-state index in [2.05, 4.69) is 15.6 Å². The maximum absolute atomic E-state index is 12.8. The van der Waals surface area contributed by atoms with E-state index in [-0.39, 0.29) is 42.2 Å². The summed E-state index contributed by atoms with van der Waals surface area (Å²) in [5, 5.41) is 5.90. The van der Waals surface area contributed by atoms with Crippen molar-refractivity contribution in [3.8, 4) is 0 Å². The average Bonchev–Trinajstić information content (AvgIpc) is 2.51. The highest BCUT2D eigenvalue weighted by Crippen LogP contribution is 2.31. The van der Waals surface area contributed by atoms with Gasteiger partial charge in [0.25, 0.3) is 0 Å².